The van der Waals surface area contributed by atoms with Crippen LogP contribution in [0.4, 0.5) is 0 Å². The molecule has 1 aromatic rings. The summed E-state index contributed by atoms with van der Waals surface area (Å²) in [5, 5.41) is 0. The second-order valence-corrected chi connectivity index (χ2v) is 6.26. The first-order chi connectivity index (χ1) is 10.2. The third kappa shape index (κ3) is 4.87. The van der Waals surface area contributed by atoms with Gasteiger partial charge in [-0.25, -0.2) is 0 Å². The SMILES string of the molecule is CCOC(=O)CC[C@H](c1ccc(C)cc1)C1CCCCC1. The smallest absolute Gasteiger partial charge is 0.305 e. The zero-order chi connectivity index (χ0) is 15.1. The summed E-state index contributed by atoms with van der Waals surface area (Å²) in [4.78, 5) is 11.7. The molecule has 0 spiro atoms. The van der Waals surface area contributed by atoms with E-state index in [-0.39, 0.29) is 5.97 Å². The Bertz CT molecular complexity index is 429. The number of carbonyl (C=O) groups is 1. The van der Waals surface area contributed by atoms with E-state index in [1.165, 1.54) is 43.2 Å². The molecule has 1 fully saturated rings. The van der Waals surface area contributed by atoms with Crippen molar-refractivity contribution in [3.8, 4) is 0 Å². The Balaban J connectivity index is 2.05. The first kappa shape index (κ1) is 16.1. The highest BCUT2D eigenvalue weighted by Gasteiger charge is 2.25. The molecular formula is C19H28O2. The Morgan fingerprint density at radius 3 is 2.48 bits per heavy atom. The average Bonchev–Trinajstić information content (AvgIpc) is 2.50. The molecule has 1 aliphatic rings. The van der Waals surface area contributed by atoms with Crippen molar-refractivity contribution in [2.75, 3.05) is 6.61 Å². The van der Waals surface area contributed by atoms with Crippen LogP contribution in [0.25, 0.3) is 0 Å². The van der Waals surface area contributed by atoms with Gasteiger partial charge in [-0.1, -0.05) is 49.1 Å². The fraction of sp³-hybridized carbons (Fsp3) is 0.632. The summed E-state index contributed by atoms with van der Waals surface area (Å²) in [5.74, 6) is 1.19. The van der Waals surface area contributed by atoms with E-state index in [1.807, 2.05) is 6.92 Å². The molecule has 2 nitrogen and oxygen atoms in total. The van der Waals surface area contributed by atoms with Gasteiger partial charge in [0.15, 0.2) is 0 Å². The number of aryl methyl sites for hydroxylation is 1. The quantitative estimate of drug-likeness (QED) is 0.688. The number of carbonyl (C=O) groups excluding carboxylic acids is 1. The number of hydrogen-bond donors (Lipinski definition) is 0. The molecule has 2 heteroatoms. The van der Waals surface area contributed by atoms with E-state index in [0.29, 0.717) is 18.9 Å². The van der Waals surface area contributed by atoms with E-state index in [4.69, 9.17) is 4.74 Å². The van der Waals surface area contributed by atoms with Crippen LogP contribution in [0.5, 0.6) is 0 Å². The van der Waals surface area contributed by atoms with Crippen LogP contribution in [0.2, 0.25) is 0 Å². The summed E-state index contributed by atoms with van der Waals surface area (Å²) in [5.41, 5.74) is 2.70. The maximum absolute atomic E-state index is 11.7. The van der Waals surface area contributed by atoms with Crippen molar-refractivity contribution in [3.05, 3.63) is 35.4 Å². The van der Waals surface area contributed by atoms with Crippen molar-refractivity contribution < 1.29 is 9.53 Å². The lowest BCUT2D eigenvalue weighted by molar-refractivity contribution is -0.143. The van der Waals surface area contributed by atoms with Crippen molar-refractivity contribution >= 4 is 5.97 Å². The van der Waals surface area contributed by atoms with Crippen molar-refractivity contribution in [3.63, 3.8) is 0 Å². The average molecular weight is 288 g/mol. The fourth-order valence-electron chi connectivity index (χ4n) is 3.53. The van der Waals surface area contributed by atoms with Gasteiger partial charge in [-0.05, 0) is 50.5 Å². The first-order valence-electron chi connectivity index (χ1n) is 8.43. The molecule has 1 aromatic carbocycles. The van der Waals surface area contributed by atoms with Gasteiger partial charge in [-0.3, -0.25) is 4.79 Å². The number of ether oxygens (including phenoxy) is 1. The zero-order valence-corrected chi connectivity index (χ0v) is 13.4. The minimum Gasteiger partial charge on any atom is -0.466 e. The van der Waals surface area contributed by atoms with Crippen LogP contribution in [0.3, 0.4) is 0 Å². The highest BCUT2D eigenvalue weighted by molar-refractivity contribution is 5.69. The topological polar surface area (TPSA) is 26.3 Å². The summed E-state index contributed by atoms with van der Waals surface area (Å²) in [7, 11) is 0. The normalized spacial score (nSPS) is 17.4. The second kappa shape index (κ2) is 8.21. The van der Waals surface area contributed by atoms with Crippen LogP contribution in [0, 0.1) is 12.8 Å². The van der Waals surface area contributed by atoms with E-state index >= 15 is 0 Å². The van der Waals surface area contributed by atoms with Gasteiger partial charge in [-0.2, -0.15) is 0 Å². The molecule has 116 valence electrons. The predicted molar refractivity (Wildman–Crippen MR) is 86.4 cm³/mol. The molecule has 21 heavy (non-hydrogen) atoms. The van der Waals surface area contributed by atoms with Crippen LogP contribution < -0.4 is 0 Å². The summed E-state index contributed by atoms with van der Waals surface area (Å²) >= 11 is 0. The first-order valence-corrected chi connectivity index (χ1v) is 8.43. The summed E-state index contributed by atoms with van der Waals surface area (Å²) in [6, 6.07) is 8.88. The molecule has 0 heterocycles. The maximum Gasteiger partial charge on any atom is 0.305 e. The Hall–Kier alpha value is -1.31. The molecule has 0 saturated heterocycles. The van der Waals surface area contributed by atoms with Gasteiger partial charge in [0.25, 0.3) is 0 Å². The van der Waals surface area contributed by atoms with Crippen molar-refractivity contribution in [1.82, 2.24) is 0 Å². The molecule has 1 aliphatic carbocycles. The second-order valence-electron chi connectivity index (χ2n) is 6.26. The minimum atomic E-state index is -0.0505. The van der Waals surface area contributed by atoms with Crippen LogP contribution in [0.15, 0.2) is 24.3 Å². The van der Waals surface area contributed by atoms with Gasteiger partial charge in [0.05, 0.1) is 6.61 Å². The zero-order valence-electron chi connectivity index (χ0n) is 13.4. The van der Waals surface area contributed by atoms with Crippen molar-refractivity contribution in [2.45, 2.75) is 64.7 Å². The van der Waals surface area contributed by atoms with Gasteiger partial charge in [0.1, 0.15) is 0 Å². The predicted octanol–water partition coefficient (Wildman–Crippen LogP) is 5.00. The third-order valence-electron chi connectivity index (χ3n) is 4.69. The van der Waals surface area contributed by atoms with Gasteiger partial charge in [0.2, 0.25) is 0 Å². The van der Waals surface area contributed by atoms with Crippen LogP contribution in [0.1, 0.15) is 68.9 Å². The summed E-state index contributed by atoms with van der Waals surface area (Å²) < 4.78 is 5.10. The number of esters is 1. The molecule has 0 N–H and O–H groups in total. The molecule has 2 rings (SSSR count). The minimum absolute atomic E-state index is 0.0505. The highest BCUT2D eigenvalue weighted by Crippen LogP contribution is 2.39. The van der Waals surface area contributed by atoms with Crippen LogP contribution >= 0.6 is 0 Å². The molecule has 0 bridgehead atoms. The van der Waals surface area contributed by atoms with Gasteiger partial charge in [0, 0.05) is 6.42 Å². The van der Waals surface area contributed by atoms with Crippen LogP contribution in [-0.4, -0.2) is 12.6 Å². The molecule has 0 aromatic heterocycles. The lowest BCUT2D eigenvalue weighted by Crippen LogP contribution is -2.18. The molecule has 1 saturated carbocycles. The van der Waals surface area contributed by atoms with Gasteiger partial charge < -0.3 is 4.74 Å². The van der Waals surface area contributed by atoms with E-state index in [2.05, 4.69) is 31.2 Å². The number of hydrogen-bond acceptors (Lipinski definition) is 2. The molecule has 0 radical (unpaired) electrons. The lowest BCUT2D eigenvalue weighted by Gasteiger charge is -2.30. The van der Waals surface area contributed by atoms with Crippen LogP contribution in [-0.2, 0) is 9.53 Å². The Morgan fingerprint density at radius 1 is 1.19 bits per heavy atom. The number of rotatable bonds is 6. The monoisotopic (exact) mass is 288 g/mol. The summed E-state index contributed by atoms with van der Waals surface area (Å²) in [6.07, 6.45) is 8.13. The highest BCUT2D eigenvalue weighted by atomic mass is 16.5. The van der Waals surface area contributed by atoms with Gasteiger partial charge in [-0.15, -0.1) is 0 Å². The fourth-order valence-corrected chi connectivity index (χ4v) is 3.53. The Kier molecular flexibility index (Phi) is 6.28. The molecule has 0 aliphatic heterocycles. The standard InChI is InChI=1S/C19H28O2/c1-3-21-19(20)14-13-18(16-7-5-4-6-8-16)17-11-9-15(2)10-12-17/h9-12,16,18H,3-8,13-14H2,1-2H3/t18-/m0/s1. The molecular weight excluding hydrogens is 260 g/mol. The third-order valence-corrected chi connectivity index (χ3v) is 4.69. The van der Waals surface area contributed by atoms with Gasteiger partial charge >= 0.3 is 5.97 Å². The Labute approximate surface area is 128 Å². The Morgan fingerprint density at radius 2 is 1.86 bits per heavy atom. The molecule has 1 atom stereocenters. The molecule has 0 amide bonds. The maximum atomic E-state index is 11.7. The van der Waals surface area contributed by atoms with Crippen molar-refractivity contribution in [2.24, 2.45) is 5.92 Å². The van der Waals surface area contributed by atoms with E-state index in [1.54, 1.807) is 0 Å². The number of benzene rings is 1. The summed E-state index contributed by atoms with van der Waals surface area (Å²) in [6.45, 7) is 4.48. The molecule has 0 unspecified atom stereocenters. The van der Waals surface area contributed by atoms with Crippen molar-refractivity contribution in [1.29, 1.82) is 0 Å². The van der Waals surface area contributed by atoms with E-state index < -0.39 is 0 Å². The largest absolute Gasteiger partial charge is 0.466 e. The lowest BCUT2D eigenvalue weighted by atomic mass is 9.75. The van der Waals surface area contributed by atoms with E-state index in [0.717, 1.165) is 12.3 Å². The van der Waals surface area contributed by atoms with E-state index in [9.17, 15) is 4.79 Å².